The van der Waals surface area contributed by atoms with E-state index in [1.54, 1.807) is 0 Å². The minimum atomic E-state index is 0.0509. The Hall–Kier alpha value is -3.48. The molecule has 2 saturated carbocycles. The minimum absolute atomic E-state index is 0.0509. The van der Waals surface area contributed by atoms with Gasteiger partial charge in [-0.1, -0.05) is 30.3 Å². The van der Waals surface area contributed by atoms with E-state index in [9.17, 15) is 4.79 Å². The standard InChI is InChI=1S/C25H26N6O/c1-25(10-11-25)27-24(32)19-6-8-20(12-19)31-15-26-14-23(31)17-4-2-16(3-5-17)18-7-9-21-22(13-18)29-30-28-21/h2-5,7,9,13-15,19-20H,6,8,10-12H2,1H3,(H,27,32)(H,28,29,30)/t19-,20?/m0/s1. The summed E-state index contributed by atoms with van der Waals surface area (Å²) in [6, 6.07) is 15.0. The van der Waals surface area contributed by atoms with Crippen LogP contribution in [0, 0.1) is 5.92 Å². The Morgan fingerprint density at radius 3 is 2.59 bits per heavy atom. The van der Waals surface area contributed by atoms with Gasteiger partial charge in [0, 0.05) is 17.5 Å². The molecule has 2 heterocycles. The lowest BCUT2D eigenvalue weighted by Crippen LogP contribution is -2.38. The molecule has 0 radical (unpaired) electrons. The van der Waals surface area contributed by atoms with E-state index in [1.165, 1.54) is 0 Å². The molecule has 0 bridgehead atoms. The molecule has 2 aromatic heterocycles. The Labute approximate surface area is 186 Å². The number of imidazole rings is 1. The molecule has 2 atom stereocenters. The summed E-state index contributed by atoms with van der Waals surface area (Å²) in [5, 5.41) is 14.2. The number of aromatic amines is 1. The molecule has 4 aromatic rings. The zero-order chi connectivity index (χ0) is 21.7. The zero-order valence-electron chi connectivity index (χ0n) is 18.1. The molecule has 7 heteroatoms. The number of fused-ring (bicyclic) bond motifs is 1. The Bertz CT molecular complexity index is 1280. The zero-order valence-corrected chi connectivity index (χ0v) is 18.1. The van der Waals surface area contributed by atoms with Crippen molar-refractivity contribution in [3.05, 3.63) is 55.0 Å². The maximum Gasteiger partial charge on any atom is 0.223 e. The number of H-pyrrole nitrogens is 1. The maximum absolute atomic E-state index is 12.7. The Kier molecular flexibility index (Phi) is 4.38. The Morgan fingerprint density at radius 1 is 1.03 bits per heavy atom. The van der Waals surface area contributed by atoms with Gasteiger partial charge in [0.05, 0.1) is 18.2 Å². The van der Waals surface area contributed by atoms with Crippen LogP contribution in [0.15, 0.2) is 55.0 Å². The highest BCUT2D eigenvalue weighted by Crippen LogP contribution is 2.40. The van der Waals surface area contributed by atoms with Crippen molar-refractivity contribution < 1.29 is 4.79 Å². The first kappa shape index (κ1) is 19.2. The molecule has 0 saturated heterocycles. The highest BCUT2D eigenvalue weighted by molar-refractivity contribution is 5.81. The number of nitrogens with one attached hydrogen (secondary N) is 2. The van der Waals surface area contributed by atoms with Crippen molar-refractivity contribution in [2.45, 2.75) is 50.6 Å². The van der Waals surface area contributed by atoms with Crippen LogP contribution in [0.5, 0.6) is 0 Å². The molecule has 0 spiro atoms. The second-order valence-corrected chi connectivity index (χ2v) is 9.50. The molecule has 1 unspecified atom stereocenters. The third-order valence-electron chi connectivity index (χ3n) is 7.09. The first-order valence-electron chi connectivity index (χ1n) is 11.3. The molecule has 6 rings (SSSR count). The Morgan fingerprint density at radius 2 is 1.78 bits per heavy atom. The average Bonchev–Trinajstić information content (AvgIpc) is 3.28. The third-order valence-corrected chi connectivity index (χ3v) is 7.09. The predicted molar refractivity (Wildman–Crippen MR) is 123 cm³/mol. The Balaban J connectivity index is 1.20. The second kappa shape index (κ2) is 7.29. The fourth-order valence-electron chi connectivity index (χ4n) is 4.83. The quantitative estimate of drug-likeness (QED) is 0.492. The van der Waals surface area contributed by atoms with Crippen molar-refractivity contribution in [2.24, 2.45) is 5.92 Å². The van der Waals surface area contributed by atoms with Crippen molar-refractivity contribution in [1.82, 2.24) is 30.3 Å². The fourth-order valence-corrected chi connectivity index (χ4v) is 4.83. The van der Waals surface area contributed by atoms with E-state index in [0.29, 0.717) is 6.04 Å². The first-order valence-corrected chi connectivity index (χ1v) is 11.3. The van der Waals surface area contributed by atoms with Gasteiger partial charge in [-0.05, 0) is 67.9 Å². The van der Waals surface area contributed by atoms with Crippen LogP contribution in [0.25, 0.3) is 33.4 Å². The molecular weight excluding hydrogens is 400 g/mol. The van der Waals surface area contributed by atoms with Crippen molar-refractivity contribution in [1.29, 1.82) is 0 Å². The van der Waals surface area contributed by atoms with Gasteiger partial charge in [-0.25, -0.2) is 4.98 Å². The van der Waals surface area contributed by atoms with E-state index >= 15 is 0 Å². The van der Waals surface area contributed by atoms with Gasteiger partial charge in [-0.2, -0.15) is 15.4 Å². The first-order chi connectivity index (χ1) is 15.6. The lowest BCUT2D eigenvalue weighted by Gasteiger charge is -2.18. The van der Waals surface area contributed by atoms with E-state index in [0.717, 1.165) is 65.5 Å². The molecular formula is C25H26N6O. The largest absolute Gasteiger partial charge is 0.351 e. The normalized spacial score (nSPS) is 21.7. The maximum atomic E-state index is 12.7. The van der Waals surface area contributed by atoms with E-state index in [1.807, 2.05) is 24.7 Å². The van der Waals surface area contributed by atoms with Crippen molar-refractivity contribution >= 4 is 16.9 Å². The molecule has 162 valence electrons. The lowest BCUT2D eigenvalue weighted by molar-refractivity contribution is -0.125. The molecule has 2 aliphatic carbocycles. The summed E-state index contributed by atoms with van der Waals surface area (Å²) in [7, 11) is 0. The summed E-state index contributed by atoms with van der Waals surface area (Å²) in [5.74, 6) is 0.323. The molecule has 32 heavy (non-hydrogen) atoms. The van der Waals surface area contributed by atoms with E-state index in [4.69, 9.17) is 0 Å². The number of amides is 1. The van der Waals surface area contributed by atoms with E-state index in [-0.39, 0.29) is 17.4 Å². The smallest absolute Gasteiger partial charge is 0.223 e. The molecule has 2 aliphatic rings. The summed E-state index contributed by atoms with van der Waals surface area (Å²) < 4.78 is 2.25. The number of hydrogen-bond donors (Lipinski definition) is 2. The van der Waals surface area contributed by atoms with Crippen LogP contribution >= 0.6 is 0 Å². The van der Waals surface area contributed by atoms with Crippen LogP contribution in [0.1, 0.15) is 45.1 Å². The van der Waals surface area contributed by atoms with E-state index < -0.39 is 0 Å². The SMILES string of the molecule is CC1(NC(=O)[C@H]2CCC(n3cncc3-c3ccc(-c4ccc5n[nH]nc5c4)cc3)C2)CC1. The van der Waals surface area contributed by atoms with Gasteiger partial charge in [0.2, 0.25) is 5.91 Å². The summed E-state index contributed by atoms with van der Waals surface area (Å²) in [6.45, 7) is 2.14. The average molecular weight is 427 g/mol. The summed E-state index contributed by atoms with van der Waals surface area (Å²) in [5.41, 5.74) is 6.26. The van der Waals surface area contributed by atoms with Crippen LogP contribution in [-0.2, 0) is 4.79 Å². The van der Waals surface area contributed by atoms with Crippen LogP contribution in [0.2, 0.25) is 0 Å². The number of rotatable bonds is 5. The number of benzene rings is 2. The minimum Gasteiger partial charge on any atom is -0.351 e. The van der Waals surface area contributed by atoms with Gasteiger partial charge in [-0.15, -0.1) is 0 Å². The fraction of sp³-hybridized carbons (Fsp3) is 0.360. The number of carbonyl (C=O) groups excluding carboxylic acids is 1. The van der Waals surface area contributed by atoms with Gasteiger partial charge in [0.1, 0.15) is 11.0 Å². The second-order valence-electron chi connectivity index (χ2n) is 9.50. The topological polar surface area (TPSA) is 88.5 Å². The predicted octanol–water partition coefficient (Wildman–Crippen LogP) is 4.50. The number of hydrogen-bond acceptors (Lipinski definition) is 4. The van der Waals surface area contributed by atoms with Crippen LogP contribution < -0.4 is 5.32 Å². The van der Waals surface area contributed by atoms with Gasteiger partial charge in [0.15, 0.2) is 0 Å². The lowest BCUT2D eigenvalue weighted by atomic mass is 10.0. The summed E-state index contributed by atoms with van der Waals surface area (Å²) in [6.07, 6.45) is 8.86. The van der Waals surface area contributed by atoms with Crippen molar-refractivity contribution in [2.75, 3.05) is 0 Å². The number of carbonyl (C=O) groups is 1. The molecule has 7 nitrogen and oxygen atoms in total. The molecule has 1 amide bonds. The molecule has 2 fully saturated rings. The van der Waals surface area contributed by atoms with Gasteiger partial charge >= 0.3 is 0 Å². The van der Waals surface area contributed by atoms with Crippen LogP contribution in [0.3, 0.4) is 0 Å². The van der Waals surface area contributed by atoms with Crippen LogP contribution in [-0.4, -0.2) is 36.4 Å². The molecule has 2 aromatic carbocycles. The van der Waals surface area contributed by atoms with Crippen LogP contribution in [0.4, 0.5) is 0 Å². The molecule has 0 aliphatic heterocycles. The summed E-state index contributed by atoms with van der Waals surface area (Å²) >= 11 is 0. The highest BCUT2D eigenvalue weighted by atomic mass is 16.2. The monoisotopic (exact) mass is 426 g/mol. The highest BCUT2D eigenvalue weighted by Gasteiger charge is 2.41. The van der Waals surface area contributed by atoms with E-state index in [2.05, 4.69) is 67.5 Å². The van der Waals surface area contributed by atoms with Crippen molar-refractivity contribution in [3.8, 4) is 22.4 Å². The summed E-state index contributed by atoms with van der Waals surface area (Å²) in [4.78, 5) is 17.1. The number of nitrogens with zero attached hydrogens (tertiary/aromatic N) is 4. The van der Waals surface area contributed by atoms with Crippen molar-refractivity contribution in [3.63, 3.8) is 0 Å². The third kappa shape index (κ3) is 3.47. The number of aromatic nitrogens is 5. The van der Waals surface area contributed by atoms with Gasteiger partial charge < -0.3 is 9.88 Å². The van der Waals surface area contributed by atoms with Gasteiger partial charge in [-0.3, -0.25) is 4.79 Å². The van der Waals surface area contributed by atoms with Gasteiger partial charge in [0.25, 0.3) is 0 Å². The molecule has 2 N–H and O–H groups in total.